The highest BCUT2D eigenvalue weighted by atomic mass is 16.4. The molecule has 1 rings (SSSR count). The van der Waals surface area contributed by atoms with E-state index in [1.54, 1.807) is 6.92 Å². The molecule has 0 heterocycles. The minimum Gasteiger partial charge on any atom is -0.508 e. The van der Waals surface area contributed by atoms with Gasteiger partial charge in [-0.1, -0.05) is 13.3 Å². The summed E-state index contributed by atoms with van der Waals surface area (Å²) >= 11 is 0. The molecule has 0 aromatic heterocycles. The van der Waals surface area contributed by atoms with Crippen LogP contribution < -0.4 is 5.32 Å². The van der Waals surface area contributed by atoms with Crippen LogP contribution in [0.25, 0.3) is 0 Å². The molecule has 0 aliphatic carbocycles. The first kappa shape index (κ1) is 13.8. The van der Waals surface area contributed by atoms with Crippen LogP contribution in [0.4, 0.5) is 0 Å². The number of phenolic OH excluding ortho intramolecular Hbond substituents is 2. The quantitative estimate of drug-likeness (QED) is 0.587. The van der Waals surface area contributed by atoms with Crippen LogP contribution in [-0.4, -0.2) is 33.2 Å². The van der Waals surface area contributed by atoms with Crippen molar-refractivity contribution in [1.82, 2.24) is 5.32 Å². The lowest BCUT2D eigenvalue weighted by Gasteiger charge is -2.14. The largest absolute Gasteiger partial charge is 0.508 e. The van der Waals surface area contributed by atoms with E-state index in [4.69, 9.17) is 5.11 Å². The average molecular weight is 253 g/mol. The molecule has 0 radical (unpaired) electrons. The van der Waals surface area contributed by atoms with E-state index in [2.05, 4.69) is 5.32 Å². The normalized spacial score (nSPS) is 11.8. The summed E-state index contributed by atoms with van der Waals surface area (Å²) in [5.74, 6) is -2.36. The molecule has 0 fully saturated rings. The van der Waals surface area contributed by atoms with Crippen LogP contribution in [0.5, 0.6) is 11.5 Å². The van der Waals surface area contributed by atoms with Gasteiger partial charge in [-0.2, -0.15) is 0 Å². The predicted molar refractivity (Wildman–Crippen MR) is 63.6 cm³/mol. The summed E-state index contributed by atoms with van der Waals surface area (Å²) in [6, 6.07) is 2.46. The number of aromatic hydroxyl groups is 2. The zero-order valence-corrected chi connectivity index (χ0v) is 9.88. The second kappa shape index (κ2) is 5.90. The zero-order chi connectivity index (χ0) is 13.7. The summed E-state index contributed by atoms with van der Waals surface area (Å²) in [4.78, 5) is 22.6. The van der Waals surface area contributed by atoms with Crippen LogP contribution in [-0.2, 0) is 4.79 Å². The van der Waals surface area contributed by atoms with Crippen molar-refractivity contribution in [2.75, 3.05) is 0 Å². The molecule has 0 unspecified atom stereocenters. The van der Waals surface area contributed by atoms with Gasteiger partial charge in [-0.15, -0.1) is 0 Å². The van der Waals surface area contributed by atoms with Crippen molar-refractivity contribution in [3.63, 3.8) is 0 Å². The highest BCUT2D eigenvalue weighted by Gasteiger charge is 2.21. The van der Waals surface area contributed by atoms with Gasteiger partial charge >= 0.3 is 5.97 Å². The first-order valence-electron chi connectivity index (χ1n) is 5.51. The number of aliphatic carboxylic acids is 1. The monoisotopic (exact) mass is 253 g/mol. The Morgan fingerprint density at radius 2 is 2.00 bits per heavy atom. The summed E-state index contributed by atoms with van der Waals surface area (Å²) < 4.78 is 0. The number of carbonyl (C=O) groups is 2. The van der Waals surface area contributed by atoms with Crippen molar-refractivity contribution in [3.8, 4) is 11.5 Å². The van der Waals surface area contributed by atoms with Crippen LogP contribution in [0.15, 0.2) is 18.2 Å². The fraction of sp³-hybridized carbons (Fsp3) is 0.333. The number of phenols is 2. The van der Waals surface area contributed by atoms with Crippen LogP contribution in [0, 0.1) is 0 Å². The summed E-state index contributed by atoms with van der Waals surface area (Å²) in [5, 5.41) is 29.9. The molecule has 0 saturated carbocycles. The first-order valence-corrected chi connectivity index (χ1v) is 5.51. The number of carboxylic acid groups (broad SMARTS) is 1. The molecule has 18 heavy (non-hydrogen) atoms. The van der Waals surface area contributed by atoms with E-state index < -0.39 is 17.9 Å². The van der Waals surface area contributed by atoms with E-state index in [0.29, 0.717) is 12.8 Å². The lowest BCUT2D eigenvalue weighted by atomic mass is 10.1. The van der Waals surface area contributed by atoms with E-state index in [0.717, 1.165) is 6.07 Å². The second-order valence-electron chi connectivity index (χ2n) is 3.85. The number of rotatable bonds is 5. The minimum absolute atomic E-state index is 0.155. The number of carbonyl (C=O) groups excluding carboxylic acids is 1. The summed E-state index contributed by atoms with van der Waals surface area (Å²) in [7, 11) is 0. The van der Waals surface area contributed by atoms with E-state index in [1.165, 1.54) is 12.1 Å². The van der Waals surface area contributed by atoms with Crippen molar-refractivity contribution in [1.29, 1.82) is 0 Å². The maximum Gasteiger partial charge on any atom is 0.326 e. The zero-order valence-electron chi connectivity index (χ0n) is 9.88. The van der Waals surface area contributed by atoms with Gasteiger partial charge in [0.15, 0.2) is 0 Å². The SMILES string of the molecule is CCC[C@@H](NC(=O)c1cc(O)ccc1O)C(=O)O. The Hall–Kier alpha value is -2.24. The molecule has 0 spiro atoms. The molecule has 98 valence electrons. The third-order valence-electron chi connectivity index (χ3n) is 2.41. The van der Waals surface area contributed by atoms with E-state index in [9.17, 15) is 19.8 Å². The summed E-state index contributed by atoms with van der Waals surface area (Å²) in [6.45, 7) is 1.80. The molecule has 1 atom stereocenters. The number of nitrogens with one attached hydrogen (secondary N) is 1. The Morgan fingerprint density at radius 1 is 1.33 bits per heavy atom. The molecule has 0 bridgehead atoms. The Bertz CT molecular complexity index is 458. The average Bonchev–Trinajstić information content (AvgIpc) is 2.31. The fourth-order valence-electron chi connectivity index (χ4n) is 1.49. The fourth-order valence-corrected chi connectivity index (χ4v) is 1.49. The van der Waals surface area contributed by atoms with Crippen molar-refractivity contribution in [2.24, 2.45) is 0 Å². The highest BCUT2D eigenvalue weighted by Crippen LogP contribution is 2.22. The smallest absolute Gasteiger partial charge is 0.326 e. The number of hydrogen-bond donors (Lipinski definition) is 4. The molecule has 4 N–H and O–H groups in total. The van der Waals surface area contributed by atoms with Crippen LogP contribution in [0.3, 0.4) is 0 Å². The van der Waals surface area contributed by atoms with Crippen molar-refractivity contribution in [3.05, 3.63) is 23.8 Å². The number of benzene rings is 1. The standard InChI is InChI=1S/C12H15NO5/c1-2-3-9(12(17)18)13-11(16)8-6-7(14)4-5-10(8)15/h4-6,9,14-15H,2-3H2,1H3,(H,13,16)(H,17,18)/t9-/m1/s1. The topological polar surface area (TPSA) is 107 Å². The van der Waals surface area contributed by atoms with Crippen LogP contribution in [0.2, 0.25) is 0 Å². The third-order valence-corrected chi connectivity index (χ3v) is 2.41. The van der Waals surface area contributed by atoms with Gasteiger partial charge in [0, 0.05) is 0 Å². The Kier molecular flexibility index (Phi) is 4.53. The van der Waals surface area contributed by atoms with Crippen LogP contribution in [0.1, 0.15) is 30.1 Å². The van der Waals surface area contributed by atoms with Crippen molar-refractivity contribution in [2.45, 2.75) is 25.8 Å². The van der Waals surface area contributed by atoms with Gasteiger partial charge in [-0.25, -0.2) is 4.79 Å². The number of amides is 1. The minimum atomic E-state index is -1.13. The van der Waals surface area contributed by atoms with Gasteiger partial charge in [0.25, 0.3) is 5.91 Å². The van der Waals surface area contributed by atoms with E-state index in [1.807, 2.05) is 0 Å². The molecular weight excluding hydrogens is 238 g/mol. The highest BCUT2D eigenvalue weighted by molar-refractivity contribution is 5.99. The van der Waals surface area contributed by atoms with Gasteiger partial charge in [-0.05, 0) is 24.6 Å². The maximum atomic E-state index is 11.8. The molecule has 6 nitrogen and oxygen atoms in total. The summed E-state index contributed by atoms with van der Waals surface area (Å²) in [6.07, 6.45) is 0.893. The Labute approximate surface area is 104 Å². The van der Waals surface area contributed by atoms with Crippen molar-refractivity contribution < 1.29 is 24.9 Å². The van der Waals surface area contributed by atoms with Crippen molar-refractivity contribution >= 4 is 11.9 Å². The summed E-state index contributed by atoms with van der Waals surface area (Å²) in [5.41, 5.74) is -0.155. The number of hydrogen-bond acceptors (Lipinski definition) is 4. The second-order valence-corrected chi connectivity index (χ2v) is 3.85. The van der Waals surface area contributed by atoms with Crippen LogP contribution >= 0.6 is 0 Å². The maximum absolute atomic E-state index is 11.8. The number of carboxylic acids is 1. The Morgan fingerprint density at radius 3 is 2.56 bits per heavy atom. The lowest BCUT2D eigenvalue weighted by Crippen LogP contribution is -2.40. The molecule has 1 aromatic carbocycles. The molecule has 0 aliphatic rings. The molecule has 6 heteroatoms. The van der Waals surface area contributed by atoms with Gasteiger partial charge in [-0.3, -0.25) is 4.79 Å². The van der Waals surface area contributed by atoms with Gasteiger partial charge in [0.05, 0.1) is 5.56 Å². The lowest BCUT2D eigenvalue weighted by molar-refractivity contribution is -0.139. The molecule has 0 saturated heterocycles. The van der Waals surface area contributed by atoms with Gasteiger partial charge < -0.3 is 20.6 Å². The first-order chi connectivity index (χ1) is 8.45. The molecule has 1 amide bonds. The van der Waals surface area contributed by atoms with Gasteiger partial charge in [0.1, 0.15) is 17.5 Å². The van der Waals surface area contributed by atoms with Gasteiger partial charge in [0.2, 0.25) is 0 Å². The van der Waals surface area contributed by atoms with E-state index in [-0.39, 0.29) is 17.1 Å². The molecular formula is C12H15NO5. The molecule has 1 aromatic rings. The molecule has 0 aliphatic heterocycles. The Balaban J connectivity index is 2.86. The van der Waals surface area contributed by atoms with E-state index >= 15 is 0 Å². The third kappa shape index (κ3) is 3.38. The predicted octanol–water partition coefficient (Wildman–Crippen LogP) is 1.08.